The van der Waals surface area contributed by atoms with Crippen LogP contribution in [0.15, 0.2) is 35.7 Å². The van der Waals surface area contributed by atoms with Crippen LogP contribution < -0.4 is 4.74 Å². The molecule has 80 valence electrons. The maximum atomic E-state index is 13.4. The molecule has 0 radical (unpaired) electrons. The molecule has 0 saturated carbocycles. The molecule has 0 aliphatic heterocycles. The zero-order valence-corrected chi connectivity index (χ0v) is 9.13. The normalized spacial score (nSPS) is 9.75. The number of halogens is 1. The van der Waals surface area contributed by atoms with Crippen LogP contribution in [-0.2, 0) is 6.61 Å². The summed E-state index contributed by atoms with van der Waals surface area (Å²) in [5, 5.41) is 10.5. The smallest absolute Gasteiger partial charge is 0.166 e. The average Bonchev–Trinajstić information content (AvgIpc) is 2.80. The van der Waals surface area contributed by atoms with Crippen molar-refractivity contribution in [2.75, 3.05) is 0 Å². The first-order chi connectivity index (χ1) is 7.79. The SMILES string of the molecule is N#Cc1ccc(OCc2cccs2)c(F)c1. The van der Waals surface area contributed by atoms with E-state index in [1.54, 1.807) is 11.3 Å². The van der Waals surface area contributed by atoms with Crippen molar-refractivity contribution in [2.24, 2.45) is 0 Å². The zero-order chi connectivity index (χ0) is 11.4. The number of nitriles is 1. The van der Waals surface area contributed by atoms with Crippen molar-refractivity contribution >= 4 is 11.3 Å². The number of ether oxygens (including phenoxy) is 1. The van der Waals surface area contributed by atoms with Crippen molar-refractivity contribution in [2.45, 2.75) is 6.61 Å². The van der Waals surface area contributed by atoms with E-state index in [1.165, 1.54) is 18.2 Å². The average molecular weight is 233 g/mol. The maximum absolute atomic E-state index is 13.4. The Morgan fingerprint density at radius 1 is 1.38 bits per heavy atom. The van der Waals surface area contributed by atoms with Crippen molar-refractivity contribution in [3.8, 4) is 11.8 Å². The predicted octanol–water partition coefficient (Wildman–Crippen LogP) is 3.34. The summed E-state index contributed by atoms with van der Waals surface area (Å²) < 4.78 is 18.7. The minimum absolute atomic E-state index is 0.174. The van der Waals surface area contributed by atoms with Crippen molar-refractivity contribution < 1.29 is 9.13 Å². The third-order valence-electron chi connectivity index (χ3n) is 2.01. The van der Waals surface area contributed by atoms with E-state index in [1.807, 2.05) is 23.6 Å². The summed E-state index contributed by atoms with van der Waals surface area (Å²) in [5.74, 6) is -0.331. The van der Waals surface area contributed by atoms with E-state index in [9.17, 15) is 4.39 Å². The van der Waals surface area contributed by atoms with Crippen molar-refractivity contribution in [1.29, 1.82) is 5.26 Å². The Balaban J connectivity index is 2.08. The van der Waals surface area contributed by atoms with Crippen molar-refractivity contribution in [1.82, 2.24) is 0 Å². The van der Waals surface area contributed by atoms with Gasteiger partial charge in [0.15, 0.2) is 11.6 Å². The predicted molar refractivity (Wildman–Crippen MR) is 59.8 cm³/mol. The summed E-state index contributed by atoms with van der Waals surface area (Å²) in [6.07, 6.45) is 0. The van der Waals surface area contributed by atoms with Crippen LogP contribution in [0.3, 0.4) is 0 Å². The molecule has 0 unspecified atom stereocenters. The third-order valence-corrected chi connectivity index (χ3v) is 2.86. The number of nitrogens with zero attached hydrogens (tertiary/aromatic N) is 1. The standard InChI is InChI=1S/C12H8FNOS/c13-11-6-9(7-14)3-4-12(11)15-8-10-2-1-5-16-10/h1-6H,8H2. The molecule has 4 heteroatoms. The Morgan fingerprint density at radius 2 is 2.25 bits per heavy atom. The Morgan fingerprint density at radius 3 is 2.88 bits per heavy atom. The number of benzene rings is 1. The van der Waals surface area contributed by atoms with E-state index in [2.05, 4.69) is 0 Å². The molecule has 0 bridgehead atoms. The Bertz CT molecular complexity index is 516. The first-order valence-electron chi connectivity index (χ1n) is 4.64. The first-order valence-corrected chi connectivity index (χ1v) is 5.52. The lowest BCUT2D eigenvalue weighted by molar-refractivity contribution is 0.293. The molecule has 0 atom stereocenters. The molecule has 0 N–H and O–H groups in total. The lowest BCUT2D eigenvalue weighted by atomic mass is 10.2. The molecule has 1 aromatic heterocycles. The largest absolute Gasteiger partial charge is 0.485 e. The molecule has 0 saturated heterocycles. The van der Waals surface area contributed by atoms with Gasteiger partial charge in [0.2, 0.25) is 0 Å². The molecule has 2 rings (SSSR count). The van der Waals surface area contributed by atoms with E-state index >= 15 is 0 Å². The van der Waals surface area contributed by atoms with Gasteiger partial charge in [-0.3, -0.25) is 0 Å². The fourth-order valence-corrected chi connectivity index (χ4v) is 1.85. The van der Waals surface area contributed by atoms with Crippen LogP contribution in [0.4, 0.5) is 4.39 Å². The van der Waals surface area contributed by atoms with Crippen LogP contribution >= 0.6 is 11.3 Å². The molecular formula is C12H8FNOS. The zero-order valence-electron chi connectivity index (χ0n) is 8.31. The molecule has 0 spiro atoms. The number of thiophene rings is 1. The fraction of sp³-hybridized carbons (Fsp3) is 0.0833. The molecule has 2 nitrogen and oxygen atoms in total. The highest BCUT2D eigenvalue weighted by Gasteiger charge is 2.05. The summed E-state index contributed by atoms with van der Waals surface area (Å²) in [6.45, 7) is 0.348. The number of rotatable bonds is 3. The molecular weight excluding hydrogens is 225 g/mol. The Hall–Kier alpha value is -1.86. The summed E-state index contributed by atoms with van der Waals surface area (Å²) in [7, 11) is 0. The summed E-state index contributed by atoms with van der Waals surface area (Å²) in [6, 6.07) is 9.89. The molecule has 0 aliphatic rings. The topological polar surface area (TPSA) is 33.0 Å². The van der Waals surface area contributed by atoms with Gasteiger partial charge in [-0.2, -0.15) is 5.26 Å². The minimum atomic E-state index is -0.504. The van der Waals surface area contributed by atoms with Gasteiger partial charge >= 0.3 is 0 Å². The quantitative estimate of drug-likeness (QED) is 0.814. The second kappa shape index (κ2) is 4.77. The Labute approximate surface area is 96.5 Å². The Kier molecular flexibility index (Phi) is 3.18. The van der Waals surface area contributed by atoms with Gasteiger partial charge in [-0.25, -0.2) is 4.39 Å². The van der Waals surface area contributed by atoms with Gasteiger partial charge in [-0.05, 0) is 29.6 Å². The van der Waals surface area contributed by atoms with Gasteiger partial charge in [0.25, 0.3) is 0 Å². The van der Waals surface area contributed by atoms with Crippen molar-refractivity contribution in [3.63, 3.8) is 0 Å². The molecule has 0 fully saturated rings. The maximum Gasteiger partial charge on any atom is 0.166 e. The van der Waals surface area contributed by atoms with Crippen LogP contribution in [0, 0.1) is 17.1 Å². The molecule has 1 heterocycles. The van der Waals surface area contributed by atoms with Crippen LogP contribution in [-0.4, -0.2) is 0 Å². The van der Waals surface area contributed by atoms with Crippen molar-refractivity contribution in [3.05, 3.63) is 52.0 Å². The molecule has 0 amide bonds. The summed E-state index contributed by atoms with van der Waals surface area (Å²) in [4.78, 5) is 1.03. The van der Waals surface area contributed by atoms with Gasteiger partial charge in [0.05, 0.1) is 11.6 Å². The van der Waals surface area contributed by atoms with E-state index in [0.29, 0.717) is 12.2 Å². The molecule has 0 aliphatic carbocycles. The van der Waals surface area contributed by atoms with Crippen LogP contribution in [0.25, 0.3) is 0 Å². The lowest BCUT2D eigenvalue weighted by Gasteiger charge is -2.05. The highest BCUT2D eigenvalue weighted by Crippen LogP contribution is 2.20. The molecule has 16 heavy (non-hydrogen) atoms. The number of hydrogen-bond acceptors (Lipinski definition) is 3. The third kappa shape index (κ3) is 2.38. The van der Waals surface area contributed by atoms with Gasteiger partial charge in [-0.1, -0.05) is 6.07 Å². The van der Waals surface area contributed by atoms with E-state index < -0.39 is 5.82 Å². The molecule has 1 aromatic carbocycles. The van der Waals surface area contributed by atoms with Gasteiger partial charge in [-0.15, -0.1) is 11.3 Å². The highest BCUT2D eigenvalue weighted by molar-refractivity contribution is 7.09. The fourth-order valence-electron chi connectivity index (χ4n) is 1.23. The highest BCUT2D eigenvalue weighted by atomic mass is 32.1. The summed E-state index contributed by atoms with van der Waals surface area (Å²) in [5.41, 5.74) is 0.293. The molecule has 2 aromatic rings. The number of hydrogen-bond donors (Lipinski definition) is 0. The summed E-state index contributed by atoms with van der Waals surface area (Å²) >= 11 is 1.56. The van der Waals surface area contributed by atoms with Crippen LogP contribution in [0.2, 0.25) is 0 Å². The van der Waals surface area contributed by atoms with Crippen LogP contribution in [0.5, 0.6) is 5.75 Å². The monoisotopic (exact) mass is 233 g/mol. The van der Waals surface area contributed by atoms with Gasteiger partial charge < -0.3 is 4.74 Å². The second-order valence-electron chi connectivity index (χ2n) is 3.13. The van der Waals surface area contributed by atoms with E-state index in [0.717, 1.165) is 4.88 Å². The lowest BCUT2D eigenvalue weighted by Crippen LogP contribution is -1.95. The van der Waals surface area contributed by atoms with Crippen LogP contribution in [0.1, 0.15) is 10.4 Å². The second-order valence-corrected chi connectivity index (χ2v) is 4.16. The van der Waals surface area contributed by atoms with E-state index in [4.69, 9.17) is 10.00 Å². The van der Waals surface area contributed by atoms with Gasteiger partial charge in [0.1, 0.15) is 6.61 Å². The minimum Gasteiger partial charge on any atom is -0.485 e. The van der Waals surface area contributed by atoms with Gasteiger partial charge in [0, 0.05) is 4.88 Å². The first kappa shape index (κ1) is 10.7. The van der Waals surface area contributed by atoms with E-state index in [-0.39, 0.29) is 5.75 Å².